The van der Waals surface area contributed by atoms with Crippen molar-refractivity contribution in [2.45, 2.75) is 38.9 Å². The zero-order chi connectivity index (χ0) is 24.3. The van der Waals surface area contributed by atoms with Crippen LogP contribution in [0.1, 0.15) is 32.2 Å². The van der Waals surface area contributed by atoms with Crippen molar-refractivity contribution in [3.05, 3.63) is 42.4 Å². The van der Waals surface area contributed by atoms with Gasteiger partial charge in [0.25, 0.3) is 0 Å². The molecular formula is C23H24FN9O. The Kier molecular flexibility index (Phi) is 4.90. The number of nitrogens with zero attached hydrogens (tertiary/aromatic N) is 7. The Balaban J connectivity index is 1.61. The van der Waals surface area contributed by atoms with Crippen LogP contribution in [0.4, 0.5) is 10.2 Å². The van der Waals surface area contributed by atoms with E-state index in [0.717, 1.165) is 5.56 Å². The fourth-order valence-electron chi connectivity index (χ4n) is 3.97. The molecule has 4 aromatic rings. The van der Waals surface area contributed by atoms with Gasteiger partial charge >= 0.3 is 0 Å². The van der Waals surface area contributed by atoms with Gasteiger partial charge < -0.3 is 9.88 Å². The summed E-state index contributed by atoms with van der Waals surface area (Å²) in [4.78, 5) is 39.4. The Morgan fingerprint density at radius 1 is 1.12 bits per heavy atom. The number of pyridine rings is 1. The molecule has 0 aromatic carbocycles. The summed E-state index contributed by atoms with van der Waals surface area (Å²) in [5, 5.41) is 5.84. The number of halogens is 1. The van der Waals surface area contributed by atoms with E-state index >= 15 is 0 Å². The van der Waals surface area contributed by atoms with Crippen LogP contribution in [0, 0.1) is 6.92 Å². The van der Waals surface area contributed by atoms with Crippen LogP contribution in [0.25, 0.3) is 33.8 Å². The van der Waals surface area contributed by atoms with Gasteiger partial charge in [0.15, 0.2) is 5.65 Å². The van der Waals surface area contributed by atoms with E-state index in [1.165, 1.54) is 20.2 Å². The van der Waals surface area contributed by atoms with E-state index in [-0.39, 0.29) is 12.5 Å². The number of amides is 1. The lowest BCUT2D eigenvalue weighted by Gasteiger charge is -2.27. The molecule has 0 spiro atoms. The first-order valence-corrected chi connectivity index (χ1v) is 10.8. The predicted octanol–water partition coefficient (Wildman–Crippen LogP) is 2.70. The Morgan fingerprint density at radius 2 is 1.82 bits per heavy atom. The lowest BCUT2D eigenvalue weighted by atomic mass is 9.92. The summed E-state index contributed by atoms with van der Waals surface area (Å²) in [5.41, 5.74) is 1.21. The summed E-state index contributed by atoms with van der Waals surface area (Å²) in [7, 11) is 1.87. The second-order valence-corrected chi connectivity index (χ2v) is 9.18. The van der Waals surface area contributed by atoms with E-state index in [4.69, 9.17) is 4.98 Å². The Hall–Kier alpha value is -3.86. The Labute approximate surface area is 195 Å². The van der Waals surface area contributed by atoms with Crippen molar-refractivity contribution < 1.29 is 9.18 Å². The molecule has 174 valence electrons. The number of carbonyl (C=O) groups is 1. The molecule has 1 atom stereocenters. The smallest absolute Gasteiger partial charge is 0.250 e. The van der Waals surface area contributed by atoms with Gasteiger partial charge in [-0.2, -0.15) is 0 Å². The van der Waals surface area contributed by atoms with Gasteiger partial charge in [-0.15, -0.1) is 0 Å². The van der Waals surface area contributed by atoms with Gasteiger partial charge in [0.2, 0.25) is 5.91 Å². The van der Waals surface area contributed by atoms with Crippen molar-refractivity contribution in [1.29, 1.82) is 0 Å². The van der Waals surface area contributed by atoms with E-state index < -0.39 is 11.2 Å². The maximum Gasteiger partial charge on any atom is 0.250 e. The van der Waals surface area contributed by atoms with Crippen molar-refractivity contribution >= 4 is 22.9 Å². The van der Waals surface area contributed by atoms with E-state index in [9.17, 15) is 9.18 Å². The molecular weight excluding hydrogens is 437 g/mol. The van der Waals surface area contributed by atoms with Gasteiger partial charge in [-0.3, -0.25) is 10.1 Å². The van der Waals surface area contributed by atoms with Crippen LogP contribution in [-0.2, 0) is 17.4 Å². The fourth-order valence-corrected chi connectivity index (χ4v) is 3.97. The van der Waals surface area contributed by atoms with Gasteiger partial charge in [-0.05, 0) is 33.8 Å². The lowest BCUT2D eigenvalue weighted by Crippen LogP contribution is -2.49. The molecule has 0 radical (unpaired) electrons. The molecule has 1 aliphatic rings. The fraction of sp³-hybridized carbons (Fsp3) is 0.348. The van der Waals surface area contributed by atoms with E-state index in [0.29, 0.717) is 45.5 Å². The Morgan fingerprint density at radius 3 is 2.53 bits per heavy atom. The quantitative estimate of drug-likeness (QED) is 0.465. The average molecular weight is 462 g/mol. The van der Waals surface area contributed by atoms with Crippen molar-refractivity contribution in [3.63, 3.8) is 0 Å². The van der Waals surface area contributed by atoms with Gasteiger partial charge in [-0.25, -0.2) is 34.3 Å². The third kappa shape index (κ3) is 3.58. The monoisotopic (exact) mass is 461 g/mol. The summed E-state index contributed by atoms with van der Waals surface area (Å²) >= 11 is 0. The van der Waals surface area contributed by atoms with Crippen molar-refractivity contribution in [3.8, 4) is 22.6 Å². The summed E-state index contributed by atoms with van der Waals surface area (Å²) in [5.74, 6) is 1.47. The SMILES string of the molecule is Cc1ncc(-c2nc3c(-c4cnc5c(c4)[C@@](C)(NCC(C)(C)F)C(=O)N5)ncnc3n2C)cn1. The highest BCUT2D eigenvalue weighted by atomic mass is 19.1. The normalized spacial score (nSPS) is 17.8. The molecule has 0 fully saturated rings. The highest BCUT2D eigenvalue weighted by molar-refractivity contribution is 6.05. The zero-order valence-electron chi connectivity index (χ0n) is 19.5. The molecule has 0 saturated carbocycles. The first-order valence-electron chi connectivity index (χ1n) is 10.8. The van der Waals surface area contributed by atoms with Gasteiger partial charge in [0.1, 0.15) is 46.2 Å². The molecule has 0 bridgehead atoms. The number of nitrogens with one attached hydrogen (secondary N) is 2. The number of fused-ring (bicyclic) bond motifs is 2. The highest BCUT2D eigenvalue weighted by Gasteiger charge is 2.44. The molecule has 4 aromatic heterocycles. The van der Waals surface area contributed by atoms with E-state index in [1.807, 2.05) is 24.6 Å². The number of aromatic nitrogens is 7. The van der Waals surface area contributed by atoms with Crippen LogP contribution in [0.15, 0.2) is 31.0 Å². The molecule has 11 heteroatoms. The first kappa shape index (κ1) is 22.0. The van der Waals surface area contributed by atoms with Gasteiger partial charge in [-0.1, -0.05) is 0 Å². The lowest BCUT2D eigenvalue weighted by molar-refractivity contribution is -0.121. The van der Waals surface area contributed by atoms with Crippen LogP contribution in [0.2, 0.25) is 0 Å². The number of alkyl halides is 1. The molecule has 5 rings (SSSR count). The molecule has 34 heavy (non-hydrogen) atoms. The Bertz CT molecular complexity index is 1430. The molecule has 0 aliphatic carbocycles. The van der Waals surface area contributed by atoms with Crippen LogP contribution >= 0.6 is 0 Å². The maximum atomic E-state index is 14.2. The summed E-state index contributed by atoms with van der Waals surface area (Å²) in [6.07, 6.45) is 6.53. The maximum absolute atomic E-state index is 14.2. The van der Waals surface area contributed by atoms with E-state index in [2.05, 4.69) is 35.6 Å². The van der Waals surface area contributed by atoms with Gasteiger partial charge in [0, 0.05) is 43.3 Å². The van der Waals surface area contributed by atoms with Crippen molar-refractivity contribution in [2.75, 3.05) is 11.9 Å². The van der Waals surface area contributed by atoms with E-state index in [1.54, 1.807) is 25.5 Å². The molecule has 2 N–H and O–H groups in total. The number of anilines is 1. The van der Waals surface area contributed by atoms with Crippen LogP contribution in [0.5, 0.6) is 0 Å². The minimum Gasteiger partial charge on any atom is -0.312 e. The molecule has 10 nitrogen and oxygen atoms in total. The van der Waals surface area contributed by atoms with Crippen LogP contribution < -0.4 is 10.6 Å². The minimum atomic E-state index is -1.49. The zero-order valence-corrected chi connectivity index (χ0v) is 19.5. The number of hydrogen-bond acceptors (Lipinski definition) is 8. The standard InChI is InChI=1S/C23H24FN9O/c1-12-25-8-14(9-26-12)19-31-17-16(28-11-29-20(17)33(19)5)13-6-15-18(27-7-13)32-21(34)23(15,4)30-10-22(2,3)24/h6-9,11,30H,10H2,1-5H3,(H,27,32,34)/t23-/m1/s1. The van der Waals surface area contributed by atoms with Crippen molar-refractivity contribution in [1.82, 2.24) is 39.8 Å². The third-order valence-electron chi connectivity index (χ3n) is 5.94. The summed E-state index contributed by atoms with van der Waals surface area (Å²) in [6, 6.07) is 1.84. The second-order valence-electron chi connectivity index (χ2n) is 9.18. The molecule has 0 unspecified atom stereocenters. The van der Waals surface area contributed by atoms with Crippen LogP contribution in [-0.4, -0.2) is 52.6 Å². The van der Waals surface area contributed by atoms with Crippen LogP contribution in [0.3, 0.4) is 0 Å². The van der Waals surface area contributed by atoms with Gasteiger partial charge in [0.05, 0.1) is 5.56 Å². The van der Waals surface area contributed by atoms with Crippen molar-refractivity contribution in [2.24, 2.45) is 7.05 Å². The molecule has 1 amide bonds. The molecule has 0 saturated heterocycles. The second kappa shape index (κ2) is 7.59. The number of imidazole rings is 1. The minimum absolute atomic E-state index is 0.000557. The molecule has 5 heterocycles. The summed E-state index contributed by atoms with van der Waals surface area (Å²) in [6.45, 7) is 6.46. The topological polar surface area (TPSA) is 123 Å². The molecule has 1 aliphatic heterocycles. The number of aryl methyl sites for hydroxylation is 2. The average Bonchev–Trinajstić information content (AvgIpc) is 3.26. The largest absolute Gasteiger partial charge is 0.312 e. The summed E-state index contributed by atoms with van der Waals surface area (Å²) < 4.78 is 16.0. The highest BCUT2D eigenvalue weighted by Crippen LogP contribution is 2.38. The number of rotatable bonds is 5. The predicted molar refractivity (Wildman–Crippen MR) is 124 cm³/mol. The number of carbonyl (C=O) groups excluding carboxylic acids is 1. The first-order chi connectivity index (χ1) is 16.1. The third-order valence-corrected chi connectivity index (χ3v) is 5.94. The number of hydrogen-bond donors (Lipinski definition) is 2.